The third kappa shape index (κ3) is 20.6. The molecule has 0 aromatic heterocycles. The fraction of sp³-hybridized carbons (Fsp3) is 0.153. The molecule has 3 N–H and O–H groups in total. The molecule has 8 aromatic carbocycles. The minimum Gasteiger partial charge on any atom is -0.545 e. The maximum atomic E-state index is 12.4. The number of benzene rings is 10. The minimum atomic E-state index is -1.25. The molecule has 8 aromatic rings. The highest BCUT2D eigenvalue weighted by atomic mass is 16.5. The van der Waals surface area contributed by atoms with Gasteiger partial charge in [0, 0.05) is 126 Å². The van der Waals surface area contributed by atoms with E-state index in [4.69, 9.17) is 38.1 Å². The average molecular weight is 1380 g/mol. The molecule has 0 fully saturated rings. The highest BCUT2D eigenvalue weighted by Crippen LogP contribution is 2.44. The van der Waals surface area contributed by atoms with E-state index in [1.807, 2.05) is 174 Å². The van der Waals surface area contributed by atoms with Gasteiger partial charge in [0.1, 0.15) is 35.9 Å². The molecule has 18 heteroatoms. The molecule has 0 unspecified atom stereocenters. The van der Waals surface area contributed by atoms with E-state index in [0.29, 0.717) is 73.1 Å². The SMILES string of the molecule is C.C=CN(Cc1ccccc1)c1ccc2c(-c3ccccc3C(=O)O)c3ccc(=[N+](CCOC(C)=O)Cc4ccccc4)cc-3oc2c1.C=CN(Cc1ccccc1)c1ccc2c(-c3ccccc3C(=O)[O-])c3ccc(=[N+](CCOC(C)=O)Cc4ccccc4)cc-3oc2c1.CC(=O)O.CC(=O)O. The van der Waals surface area contributed by atoms with E-state index in [2.05, 4.69) is 70.8 Å². The fourth-order valence-electron chi connectivity index (χ4n) is 11.7. The predicted molar refractivity (Wildman–Crippen MR) is 401 cm³/mol. The summed E-state index contributed by atoms with van der Waals surface area (Å²) in [6.45, 7) is 16.9. The van der Waals surface area contributed by atoms with Crippen LogP contribution in [0.4, 0.5) is 11.4 Å². The van der Waals surface area contributed by atoms with Crippen LogP contribution in [-0.2, 0) is 54.8 Å². The minimum absolute atomic E-state index is 0. The summed E-state index contributed by atoms with van der Waals surface area (Å²) in [4.78, 5) is 69.9. The molecule has 18 nitrogen and oxygen atoms in total. The second kappa shape index (κ2) is 36.7. The summed E-state index contributed by atoms with van der Waals surface area (Å²) in [5.41, 5.74) is 11.9. The Kier molecular flexibility index (Phi) is 27.0. The molecule has 2 aliphatic heterocycles. The van der Waals surface area contributed by atoms with Crippen LogP contribution in [0.15, 0.2) is 277 Å². The first-order valence-corrected chi connectivity index (χ1v) is 32.7. The Morgan fingerprint density at radius 3 is 1.13 bits per heavy atom. The van der Waals surface area contributed by atoms with Crippen molar-refractivity contribution in [2.24, 2.45) is 0 Å². The zero-order chi connectivity index (χ0) is 72.7. The molecule has 0 amide bonds. The van der Waals surface area contributed by atoms with Crippen LogP contribution in [0.3, 0.4) is 0 Å². The predicted octanol–water partition coefficient (Wildman–Crippen LogP) is 14.7. The first kappa shape index (κ1) is 75.8. The maximum absolute atomic E-state index is 12.4. The molecular formula is C85H81N4O14+. The highest BCUT2D eigenvalue weighted by molar-refractivity contribution is 6.09. The normalized spacial score (nSPS) is 11.1. The van der Waals surface area contributed by atoms with Crippen LogP contribution in [0.5, 0.6) is 0 Å². The van der Waals surface area contributed by atoms with Crippen molar-refractivity contribution in [3.63, 3.8) is 0 Å². The topological polar surface area (TPSA) is 243 Å². The molecule has 12 rings (SSSR count). The van der Waals surface area contributed by atoms with Gasteiger partial charge >= 0.3 is 17.9 Å². The number of esters is 2. The van der Waals surface area contributed by atoms with Crippen LogP contribution in [0.25, 0.3) is 66.8 Å². The number of fused-ring (bicyclic) bond motifs is 4. The fourth-order valence-corrected chi connectivity index (χ4v) is 11.7. The average Bonchev–Trinajstić information content (AvgIpc) is 0.762. The van der Waals surface area contributed by atoms with E-state index in [1.165, 1.54) is 13.8 Å². The number of carbonyl (C=O) groups is 6. The van der Waals surface area contributed by atoms with Gasteiger partial charge in [0.2, 0.25) is 10.7 Å². The summed E-state index contributed by atoms with van der Waals surface area (Å²) in [6.07, 6.45) is 3.57. The van der Waals surface area contributed by atoms with E-state index in [9.17, 15) is 29.4 Å². The first-order valence-electron chi connectivity index (χ1n) is 32.7. The van der Waals surface area contributed by atoms with Gasteiger partial charge in [-0.25, -0.2) is 13.9 Å². The van der Waals surface area contributed by atoms with Gasteiger partial charge in [-0.2, -0.15) is 0 Å². The van der Waals surface area contributed by atoms with Crippen molar-refractivity contribution in [2.45, 2.75) is 61.3 Å². The van der Waals surface area contributed by atoms with Crippen LogP contribution in [0.2, 0.25) is 0 Å². The monoisotopic (exact) mass is 1380 g/mol. The summed E-state index contributed by atoms with van der Waals surface area (Å²) in [7, 11) is 0. The molecule has 2 aliphatic carbocycles. The number of carboxylic acid groups (broad SMARTS) is 4. The van der Waals surface area contributed by atoms with E-state index < -0.39 is 23.9 Å². The van der Waals surface area contributed by atoms with Gasteiger partial charge in [0.25, 0.3) is 11.9 Å². The van der Waals surface area contributed by atoms with Gasteiger partial charge in [0.05, 0.1) is 23.7 Å². The van der Waals surface area contributed by atoms with Crippen molar-refractivity contribution in [2.75, 3.05) is 36.1 Å². The van der Waals surface area contributed by atoms with Gasteiger partial charge in [0.15, 0.2) is 26.2 Å². The van der Waals surface area contributed by atoms with Crippen molar-refractivity contribution in [3.8, 4) is 44.9 Å². The number of aromatic carboxylic acids is 2. The molecule has 2 heterocycles. The van der Waals surface area contributed by atoms with Gasteiger partial charge in [-0.05, 0) is 77.1 Å². The van der Waals surface area contributed by atoms with Crippen molar-refractivity contribution in [3.05, 3.63) is 312 Å². The molecule has 0 saturated heterocycles. The van der Waals surface area contributed by atoms with Crippen molar-refractivity contribution < 1.29 is 67.5 Å². The maximum Gasteiger partial charge on any atom is 0.336 e. The number of rotatable bonds is 22. The number of ether oxygens (including phenoxy) is 2. The number of aliphatic carboxylic acids is 2. The molecule has 4 aliphatic rings. The van der Waals surface area contributed by atoms with E-state index >= 15 is 0 Å². The lowest BCUT2D eigenvalue weighted by Gasteiger charge is -2.22. The number of anilines is 2. The number of hydrogen-bond donors (Lipinski definition) is 3. The summed E-state index contributed by atoms with van der Waals surface area (Å²) in [6, 6.07) is 78.1. The lowest BCUT2D eigenvalue weighted by Crippen LogP contribution is -2.33. The zero-order valence-corrected chi connectivity index (χ0v) is 56.9. The molecule has 0 bridgehead atoms. The van der Waals surface area contributed by atoms with Gasteiger partial charge in [-0.15, -0.1) is 0 Å². The van der Waals surface area contributed by atoms with Crippen LogP contribution < -0.4 is 34.8 Å². The summed E-state index contributed by atoms with van der Waals surface area (Å²) < 4.78 is 28.2. The number of hydrogen-bond acceptors (Lipinski definition) is 13. The van der Waals surface area contributed by atoms with E-state index in [0.717, 1.165) is 91.2 Å². The largest absolute Gasteiger partial charge is 0.545 e. The number of carboxylic acids is 4. The second-order valence-corrected chi connectivity index (χ2v) is 23.5. The summed E-state index contributed by atoms with van der Waals surface area (Å²) in [5, 5.41) is 40.6. The molecule has 0 radical (unpaired) electrons. The Morgan fingerprint density at radius 2 is 0.777 bits per heavy atom. The zero-order valence-electron chi connectivity index (χ0n) is 56.9. The lowest BCUT2D eigenvalue weighted by molar-refractivity contribution is -0.255. The standard InChI is InChI=1S/2C40H34N2O5.2C2H4O2.CH4/c2*1-3-41(26-29-12-6-4-7-13-29)31-18-20-35-37(24-31)47-38-25-32(42(22-23-46-28(2)43)27-30-14-8-5-9-15-30)19-21-36(38)39(35)33-16-10-11-17-34(33)40(44)45;2*1-2(3)4;/h2*3-21,24-25H,1,22-23,26-27H2,2H3;2*1H3,(H,3,4);1H4/p+1. The quantitative estimate of drug-likeness (QED) is 0.0324. The van der Waals surface area contributed by atoms with E-state index in [1.54, 1.807) is 42.7 Å². The lowest BCUT2D eigenvalue weighted by atomic mass is 9.90. The Morgan fingerprint density at radius 1 is 0.437 bits per heavy atom. The summed E-state index contributed by atoms with van der Waals surface area (Å²) >= 11 is 0. The van der Waals surface area contributed by atoms with Crippen LogP contribution in [0, 0.1) is 0 Å². The number of carbonyl (C=O) groups excluding carboxylic acids is 3. The summed E-state index contributed by atoms with van der Waals surface area (Å²) in [5.74, 6) is -3.41. The van der Waals surface area contributed by atoms with E-state index in [-0.39, 0.29) is 43.7 Å². The van der Waals surface area contributed by atoms with Gasteiger partial charge < -0.3 is 53.3 Å². The Labute approximate surface area is 597 Å². The Hall–Kier alpha value is -13.0. The van der Waals surface area contributed by atoms with Crippen LogP contribution in [-0.4, -0.2) is 77.4 Å². The molecule has 524 valence electrons. The number of nitrogens with zero attached hydrogens (tertiary/aromatic N) is 4. The molecule has 0 atom stereocenters. The molecule has 0 saturated carbocycles. The highest BCUT2D eigenvalue weighted by Gasteiger charge is 2.25. The van der Waals surface area contributed by atoms with Crippen molar-refractivity contribution in [1.29, 1.82) is 0 Å². The Balaban J connectivity index is 0.000000234. The Bertz CT molecular complexity index is 4730. The molecule has 103 heavy (non-hydrogen) atoms. The van der Waals surface area contributed by atoms with Crippen LogP contribution >= 0.6 is 0 Å². The molecule has 0 spiro atoms. The molecular weight excluding hydrogens is 1300 g/mol. The third-order valence-corrected chi connectivity index (χ3v) is 16.2. The third-order valence-electron chi connectivity index (χ3n) is 16.2. The first-order chi connectivity index (χ1) is 49.3. The van der Waals surface area contributed by atoms with Gasteiger partial charge in [-0.1, -0.05) is 184 Å². The van der Waals surface area contributed by atoms with Crippen molar-refractivity contribution in [1.82, 2.24) is 9.15 Å². The van der Waals surface area contributed by atoms with Crippen molar-refractivity contribution >= 4 is 69.1 Å². The van der Waals surface area contributed by atoms with Gasteiger partial charge in [-0.3, -0.25) is 19.2 Å². The smallest absolute Gasteiger partial charge is 0.336 e. The van der Waals surface area contributed by atoms with Crippen LogP contribution in [0.1, 0.15) is 78.1 Å². The second-order valence-electron chi connectivity index (χ2n) is 23.5.